The summed E-state index contributed by atoms with van der Waals surface area (Å²) in [6.45, 7) is 3.29. The van der Waals surface area contributed by atoms with Gasteiger partial charge in [0.1, 0.15) is 0 Å². The Hall–Kier alpha value is -2.18. The molecule has 3 rings (SSSR count). The predicted octanol–water partition coefficient (Wildman–Crippen LogP) is 4.24. The fourth-order valence-electron chi connectivity index (χ4n) is 2.98. The number of likely N-dealkylation sites (tertiary alicyclic amines) is 1. The zero-order valence-electron chi connectivity index (χ0n) is 14.2. The second-order valence-electron chi connectivity index (χ2n) is 6.11. The largest absolute Gasteiger partial charge is 0.494 e. The Morgan fingerprint density at radius 3 is 2.52 bits per heavy atom. The van der Waals surface area contributed by atoms with E-state index in [0.29, 0.717) is 10.8 Å². The van der Waals surface area contributed by atoms with E-state index in [4.69, 9.17) is 17.0 Å². The zero-order chi connectivity index (χ0) is 17.6. The van der Waals surface area contributed by atoms with Crippen LogP contribution in [0.5, 0.6) is 5.75 Å². The minimum Gasteiger partial charge on any atom is -0.494 e. The lowest BCUT2D eigenvalue weighted by molar-refractivity contribution is 0.331. The van der Waals surface area contributed by atoms with Crippen LogP contribution in [0.2, 0.25) is 0 Å². The quantitative estimate of drug-likeness (QED) is 0.781. The van der Waals surface area contributed by atoms with Crippen molar-refractivity contribution in [3.63, 3.8) is 0 Å². The first-order chi connectivity index (χ1) is 12.1. The van der Waals surface area contributed by atoms with Crippen molar-refractivity contribution in [3.8, 4) is 5.75 Å². The molecule has 0 aliphatic carbocycles. The number of hydrogen-bond acceptors (Lipinski definition) is 3. The van der Waals surface area contributed by atoms with Gasteiger partial charge in [-0.3, -0.25) is 4.90 Å². The van der Waals surface area contributed by atoms with Crippen LogP contribution in [-0.4, -0.2) is 30.2 Å². The number of ether oxygens (including phenoxy) is 1. The van der Waals surface area contributed by atoms with E-state index < -0.39 is 5.82 Å². The van der Waals surface area contributed by atoms with E-state index >= 15 is 0 Å². The SMILES string of the molecule is COc1ccc(NC(=S)Nc2cccc(CN3CCCC3)c2)cc1F. The molecule has 25 heavy (non-hydrogen) atoms. The van der Waals surface area contributed by atoms with E-state index in [1.165, 1.54) is 44.7 Å². The van der Waals surface area contributed by atoms with Crippen molar-refractivity contribution in [2.75, 3.05) is 30.8 Å². The fourth-order valence-corrected chi connectivity index (χ4v) is 3.22. The number of hydrogen-bond donors (Lipinski definition) is 2. The summed E-state index contributed by atoms with van der Waals surface area (Å²) in [7, 11) is 1.44. The Kier molecular flexibility index (Phi) is 5.83. The average Bonchev–Trinajstić information content (AvgIpc) is 3.08. The molecule has 1 saturated heterocycles. The Morgan fingerprint density at radius 1 is 1.12 bits per heavy atom. The summed E-state index contributed by atoms with van der Waals surface area (Å²) in [4.78, 5) is 2.45. The molecule has 1 aliphatic rings. The third kappa shape index (κ3) is 4.90. The summed E-state index contributed by atoms with van der Waals surface area (Å²) >= 11 is 5.32. The third-order valence-electron chi connectivity index (χ3n) is 4.20. The molecule has 4 nitrogen and oxygen atoms in total. The highest BCUT2D eigenvalue weighted by Crippen LogP contribution is 2.21. The minimum absolute atomic E-state index is 0.207. The molecule has 0 amide bonds. The van der Waals surface area contributed by atoms with E-state index in [1.807, 2.05) is 12.1 Å². The maximum Gasteiger partial charge on any atom is 0.175 e. The van der Waals surface area contributed by atoms with Gasteiger partial charge in [0.2, 0.25) is 0 Å². The molecule has 0 bridgehead atoms. The summed E-state index contributed by atoms with van der Waals surface area (Å²) in [5.41, 5.74) is 2.75. The van der Waals surface area contributed by atoms with Crippen molar-refractivity contribution in [1.82, 2.24) is 4.90 Å². The first-order valence-electron chi connectivity index (χ1n) is 8.37. The van der Waals surface area contributed by atoms with Gasteiger partial charge < -0.3 is 15.4 Å². The number of halogens is 1. The second-order valence-corrected chi connectivity index (χ2v) is 6.52. The van der Waals surface area contributed by atoms with Gasteiger partial charge in [0, 0.05) is 24.0 Å². The molecular formula is C19H22FN3OS. The van der Waals surface area contributed by atoms with Gasteiger partial charge in [0.15, 0.2) is 16.7 Å². The Morgan fingerprint density at radius 2 is 1.84 bits per heavy atom. The molecule has 0 radical (unpaired) electrons. The molecule has 132 valence electrons. The fraction of sp³-hybridized carbons (Fsp3) is 0.316. The number of thiocarbonyl (C=S) groups is 1. The number of rotatable bonds is 5. The summed E-state index contributed by atoms with van der Waals surface area (Å²) < 4.78 is 18.7. The van der Waals surface area contributed by atoms with E-state index in [2.05, 4.69) is 27.7 Å². The topological polar surface area (TPSA) is 36.5 Å². The summed E-state index contributed by atoms with van der Waals surface area (Å²) in [6, 6.07) is 12.9. The first-order valence-corrected chi connectivity index (χ1v) is 8.78. The number of benzene rings is 2. The maximum atomic E-state index is 13.7. The Bertz CT molecular complexity index is 747. The van der Waals surface area contributed by atoms with Crippen molar-refractivity contribution in [2.24, 2.45) is 0 Å². The van der Waals surface area contributed by atoms with E-state index in [9.17, 15) is 4.39 Å². The summed E-state index contributed by atoms with van der Waals surface area (Å²) in [5.74, 6) is -0.220. The molecule has 2 N–H and O–H groups in total. The lowest BCUT2D eigenvalue weighted by atomic mass is 10.2. The van der Waals surface area contributed by atoms with Gasteiger partial charge in [0.05, 0.1) is 7.11 Å². The van der Waals surface area contributed by atoms with Crippen LogP contribution in [0.4, 0.5) is 15.8 Å². The van der Waals surface area contributed by atoms with Crippen molar-refractivity contribution in [3.05, 3.63) is 53.8 Å². The molecule has 0 unspecified atom stereocenters. The van der Waals surface area contributed by atoms with Crippen LogP contribution < -0.4 is 15.4 Å². The molecule has 2 aromatic rings. The van der Waals surface area contributed by atoms with Crippen molar-refractivity contribution in [2.45, 2.75) is 19.4 Å². The smallest absolute Gasteiger partial charge is 0.175 e. The van der Waals surface area contributed by atoms with Crippen LogP contribution in [0.25, 0.3) is 0 Å². The highest BCUT2D eigenvalue weighted by atomic mass is 32.1. The molecule has 0 aromatic heterocycles. The highest BCUT2D eigenvalue weighted by Gasteiger charge is 2.12. The molecule has 1 aliphatic heterocycles. The van der Waals surface area contributed by atoms with E-state index in [1.54, 1.807) is 12.1 Å². The number of nitrogens with zero attached hydrogens (tertiary/aromatic N) is 1. The number of anilines is 2. The molecule has 0 saturated carbocycles. The second kappa shape index (κ2) is 8.27. The van der Waals surface area contributed by atoms with Gasteiger partial charge >= 0.3 is 0 Å². The normalized spacial score (nSPS) is 14.3. The highest BCUT2D eigenvalue weighted by molar-refractivity contribution is 7.80. The molecule has 6 heteroatoms. The molecule has 2 aromatic carbocycles. The first kappa shape index (κ1) is 17.6. The van der Waals surface area contributed by atoms with Crippen molar-refractivity contribution >= 4 is 28.7 Å². The van der Waals surface area contributed by atoms with Crippen LogP contribution in [0.15, 0.2) is 42.5 Å². The lowest BCUT2D eigenvalue weighted by Gasteiger charge is -2.16. The van der Waals surface area contributed by atoms with Crippen LogP contribution in [0.3, 0.4) is 0 Å². The van der Waals surface area contributed by atoms with Gasteiger partial charge in [-0.25, -0.2) is 4.39 Å². The van der Waals surface area contributed by atoms with E-state index in [-0.39, 0.29) is 5.75 Å². The predicted molar refractivity (Wildman–Crippen MR) is 104 cm³/mol. The van der Waals surface area contributed by atoms with Gasteiger partial charge in [-0.05, 0) is 68.0 Å². The van der Waals surface area contributed by atoms with Crippen LogP contribution in [-0.2, 0) is 6.54 Å². The van der Waals surface area contributed by atoms with Gasteiger partial charge in [-0.2, -0.15) is 0 Å². The zero-order valence-corrected chi connectivity index (χ0v) is 15.0. The van der Waals surface area contributed by atoms with Gasteiger partial charge in [-0.15, -0.1) is 0 Å². The third-order valence-corrected chi connectivity index (χ3v) is 4.40. The number of methoxy groups -OCH3 is 1. The van der Waals surface area contributed by atoms with Crippen LogP contribution in [0, 0.1) is 5.82 Å². The average molecular weight is 359 g/mol. The van der Waals surface area contributed by atoms with Crippen LogP contribution in [0.1, 0.15) is 18.4 Å². The van der Waals surface area contributed by atoms with Gasteiger partial charge in [-0.1, -0.05) is 12.1 Å². The van der Waals surface area contributed by atoms with Crippen molar-refractivity contribution in [1.29, 1.82) is 0 Å². The lowest BCUT2D eigenvalue weighted by Crippen LogP contribution is -2.20. The molecule has 0 spiro atoms. The number of nitrogens with one attached hydrogen (secondary N) is 2. The van der Waals surface area contributed by atoms with Crippen LogP contribution >= 0.6 is 12.2 Å². The maximum absolute atomic E-state index is 13.7. The molecule has 0 atom stereocenters. The minimum atomic E-state index is -0.428. The summed E-state index contributed by atoms with van der Waals surface area (Å²) in [6.07, 6.45) is 2.56. The Labute approximate surface area is 153 Å². The van der Waals surface area contributed by atoms with E-state index in [0.717, 1.165) is 12.2 Å². The Balaban J connectivity index is 1.59. The molecule has 1 fully saturated rings. The molecular weight excluding hydrogens is 337 g/mol. The van der Waals surface area contributed by atoms with Crippen molar-refractivity contribution < 1.29 is 9.13 Å². The molecule has 1 heterocycles. The standard InChI is InChI=1S/C19H22FN3OS/c1-24-18-8-7-16(12-17(18)20)22-19(25)21-15-6-4-5-14(11-15)13-23-9-2-3-10-23/h4-8,11-12H,2-3,9-10,13H2,1H3,(H2,21,22,25). The van der Waals surface area contributed by atoms with Gasteiger partial charge in [0.25, 0.3) is 0 Å². The monoisotopic (exact) mass is 359 g/mol. The summed E-state index contributed by atoms with van der Waals surface area (Å²) in [5, 5.41) is 6.56.